The molecule has 0 fully saturated rings. The molecule has 0 aliphatic carbocycles. The number of para-hydroxylation sites is 1. The molecule has 0 N–H and O–H groups in total. The summed E-state index contributed by atoms with van der Waals surface area (Å²) in [6.07, 6.45) is 0.149. The monoisotopic (exact) mass is 209 g/mol. The number of hydrogen-bond donors (Lipinski definition) is 0. The Morgan fingerprint density at radius 2 is 2.20 bits per heavy atom. The van der Waals surface area contributed by atoms with Crippen LogP contribution in [0, 0.1) is 0 Å². The molecule has 1 aliphatic rings. The molecule has 0 spiro atoms. The Labute approximate surface area is 83.9 Å². The summed E-state index contributed by atoms with van der Waals surface area (Å²) in [5, 5.41) is 3.65. The van der Waals surface area contributed by atoms with Crippen LogP contribution in [0.5, 0.6) is 0 Å². The molecular weight excluding hydrogens is 203 g/mol. The summed E-state index contributed by atoms with van der Waals surface area (Å²) in [7, 11) is 0. The van der Waals surface area contributed by atoms with Gasteiger partial charge in [-0.15, -0.1) is 0 Å². The van der Waals surface area contributed by atoms with Gasteiger partial charge in [-0.3, -0.25) is 0 Å². The average Bonchev–Trinajstić information content (AvgIpc) is 2.68. The van der Waals surface area contributed by atoms with E-state index in [1.54, 1.807) is 18.2 Å². The van der Waals surface area contributed by atoms with E-state index in [1.807, 2.05) is 0 Å². The fourth-order valence-corrected chi connectivity index (χ4v) is 1.45. The lowest BCUT2D eigenvalue weighted by atomic mass is 10.2. The van der Waals surface area contributed by atoms with E-state index >= 15 is 0 Å². The highest BCUT2D eigenvalue weighted by molar-refractivity contribution is 6.06. The predicted octanol–water partition coefficient (Wildman–Crippen LogP) is 1.52. The molecule has 5 nitrogen and oxygen atoms in total. The van der Waals surface area contributed by atoms with E-state index in [2.05, 4.69) is 10.0 Å². The molecule has 0 bridgehead atoms. The zero-order valence-electron chi connectivity index (χ0n) is 7.46. The van der Waals surface area contributed by atoms with Gasteiger partial charge in [-0.05, 0) is 10.7 Å². The van der Waals surface area contributed by atoms with Crippen LogP contribution < -0.4 is 4.59 Å². The molecule has 0 unspecified atom stereocenters. The Kier molecular flexibility index (Phi) is 2.05. The van der Waals surface area contributed by atoms with Gasteiger partial charge in [0.15, 0.2) is 5.69 Å². The van der Waals surface area contributed by atoms with Crippen LogP contribution in [0.3, 0.4) is 0 Å². The highest BCUT2D eigenvalue weighted by atomic mass is 19.3. The summed E-state index contributed by atoms with van der Waals surface area (Å²) in [6.45, 7) is 0. The highest BCUT2D eigenvalue weighted by Crippen LogP contribution is 2.31. The molecule has 1 atom stereocenters. The molecule has 1 aromatic carbocycles. The molecule has 15 heavy (non-hydrogen) atoms. The van der Waals surface area contributed by atoms with Crippen LogP contribution in [0.4, 0.5) is 15.0 Å². The van der Waals surface area contributed by atoms with Crippen molar-refractivity contribution in [1.82, 2.24) is 4.59 Å². The number of amides is 2. The van der Waals surface area contributed by atoms with Gasteiger partial charge in [0.1, 0.15) is 0 Å². The standard InChI is InChI=1S/C9H6FN2O3/c10-15-9(14)12(6-13)8-4-2-1-3-7(8)5-11-12/h1-6H/q+1/t12-/m1/s1. The third-order valence-corrected chi connectivity index (χ3v) is 2.18. The van der Waals surface area contributed by atoms with Crippen molar-refractivity contribution < 1.29 is 19.1 Å². The first-order valence-corrected chi connectivity index (χ1v) is 4.08. The first-order chi connectivity index (χ1) is 7.24. The van der Waals surface area contributed by atoms with Crippen molar-refractivity contribution in [3.05, 3.63) is 29.8 Å². The number of benzene rings is 1. The molecule has 0 saturated carbocycles. The Morgan fingerprint density at radius 1 is 1.47 bits per heavy atom. The lowest BCUT2D eigenvalue weighted by Gasteiger charge is -2.14. The van der Waals surface area contributed by atoms with Crippen molar-refractivity contribution in [2.45, 2.75) is 0 Å². The molecule has 0 aromatic heterocycles. The Morgan fingerprint density at radius 3 is 2.87 bits per heavy atom. The van der Waals surface area contributed by atoms with E-state index < -0.39 is 10.7 Å². The van der Waals surface area contributed by atoms with Crippen LogP contribution in [0.2, 0.25) is 0 Å². The van der Waals surface area contributed by atoms with Gasteiger partial charge in [0.2, 0.25) is 0 Å². The number of nitrogens with zero attached hydrogens (tertiary/aromatic N) is 2. The van der Waals surface area contributed by atoms with E-state index in [1.165, 1.54) is 12.3 Å². The normalized spacial score (nSPS) is 22.2. The number of halogens is 1. The topological polar surface area (TPSA) is 55.7 Å². The van der Waals surface area contributed by atoms with E-state index in [9.17, 15) is 14.1 Å². The maximum Gasteiger partial charge on any atom is 0.592 e. The van der Waals surface area contributed by atoms with E-state index in [4.69, 9.17) is 0 Å². The first kappa shape index (κ1) is 9.47. The van der Waals surface area contributed by atoms with Crippen LogP contribution in [0.1, 0.15) is 5.56 Å². The minimum atomic E-state index is -1.38. The minimum absolute atomic E-state index is 0.213. The number of carbonyl (C=O) groups excluding carboxylic acids is 2. The van der Waals surface area contributed by atoms with Gasteiger partial charge in [0.25, 0.3) is 0 Å². The second-order valence-corrected chi connectivity index (χ2v) is 2.94. The number of fused-ring (bicyclic) bond motifs is 1. The third kappa shape index (κ3) is 1.15. The molecule has 76 valence electrons. The van der Waals surface area contributed by atoms with Crippen LogP contribution in [0.15, 0.2) is 29.4 Å². The fourth-order valence-electron chi connectivity index (χ4n) is 1.45. The van der Waals surface area contributed by atoms with Gasteiger partial charge >= 0.3 is 12.5 Å². The number of imide groups is 1. The maximum atomic E-state index is 11.9. The molecule has 6 heteroatoms. The summed E-state index contributed by atoms with van der Waals surface area (Å²) >= 11 is 0. The van der Waals surface area contributed by atoms with Crippen LogP contribution >= 0.6 is 0 Å². The third-order valence-electron chi connectivity index (χ3n) is 2.18. The first-order valence-electron chi connectivity index (χ1n) is 4.08. The number of rotatable bonds is 1. The summed E-state index contributed by atoms with van der Waals surface area (Å²) in [6, 6.07) is 6.51. The second kappa shape index (κ2) is 3.25. The SMILES string of the molecule is O=C[N@@+]1(C(=O)OF)N=Cc2ccccc21. The number of hydrogen-bond acceptors (Lipinski definition) is 4. The summed E-state index contributed by atoms with van der Waals surface area (Å²) < 4.78 is 10.7. The highest BCUT2D eigenvalue weighted by Gasteiger charge is 2.48. The molecule has 1 aliphatic heterocycles. The molecule has 0 saturated heterocycles. The molecule has 2 amide bonds. The molecule has 1 aromatic rings. The van der Waals surface area contributed by atoms with E-state index in [0.29, 0.717) is 5.56 Å². The molecule has 2 rings (SSSR count). The molecular formula is C9H6FN2O3+. The van der Waals surface area contributed by atoms with Gasteiger partial charge in [0.05, 0.1) is 11.8 Å². The summed E-state index contributed by atoms with van der Waals surface area (Å²) in [4.78, 5) is 25.1. The second-order valence-electron chi connectivity index (χ2n) is 2.94. The Balaban J connectivity index is 2.60. The van der Waals surface area contributed by atoms with Crippen molar-refractivity contribution in [1.29, 1.82) is 0 Å². The van der Waals surface area contributed by atoms with Gasteiger partial charge < -0.3 is 0 Å². The largest absolute Gasteiger partial charge is 0.592 e. The average molecular weight is 209 g/mol. The van der Waals surface area contributed by atoms with Gasteiger partial charge in [-0.25, -0.2) is 4.79 Å². The zero-order chi connectivity index (χ0) is 10.9. The van der Waals surface area contributed by atoms with Gasteiger partial charge in [-0.1, -0.05) is 17.2 Å². The van der Waals surface area contributed by atoms with Crippen LogP contribution in [-0.2, 0) is 9.74 Å². The molecule has 1 heterocycles. The van der Waals surface area contributed by atoms with Gasteiger partial charge in [0, 0.05) is 10.6 Å². The summed E-state index contributed by atoms with van der Waals surface area (Å²) in [5.74, 6) is 0. The van der Waals surface area contributed by atoms with Crippen molar-refractivity contribution in [3.8, 4) is 0 Å². The van der Waals surface area contributed by atoms with Gasteiger partial charge in [-0.2, -0.15) is 9.74 Å². The van der Waals surface area contributed by atoms with Crippen molar-refractivity contribution in [3.63, 3.8) is 0 Å². The lowest BCUT2D eigenvalue weighted by molar-refractivity contribution is -0.122. The zero-order valence-corrected chi connectivity index (χ0v) is 7.46. The fraction of sp³-hybridized carbons (Fsp3) is 0. The number of quaternary nitrogens is 1. The maximum absolute atomic E-state index is 11.9. The van der Waals surface area contributed by atoms with Crippen molar-refractivity contribution in [2.24, 2.45) is 5.10 Å². The predicted molar refractivity (Wildman–Crippen MR) is 49.5 cm³/mol. The Hall–Kier alpha value is -2.08. The smallest absolute Gasteiger partial charge is 0.230 e. The van der Waals surface area contributed by atoms with E-state index in [-0.39, 0.29) is 12.1 Å². The lowest BCUT2D eigenvalue weighted by Crippen LogP contribution is -2.46. The number of carbonyl (C=O) groups is 2. The summed E-state index contributed by atoms with van der Waals surface area (Å²) in [5.41, 5.74) is 0.852. The quantitative estimate of drug-likeness (QED) is 0.520. The van der Waals surface area contributed by atoms with Crippen molar-refractivity contribution in [2.75, 3.05) is 0 Å². The van der Waals surface area contributed by atoms with Crippen LogP contribution in [-0.4, -0.2) is 18.7 Å². The van der Waals surface area contributed by atoms with Crippen LogP contribution in [0.25, 0.3) is 0 Å². The molecule has 0 radical (unpaired) electrons. The Bertz CT molecular complexity index is 460. The van der Waals surface area contributed by atoms with E-state index in [0.717, 1.165) is 0 Å². The minimum Gasteiger partial charge on any atom is -0.230 e. The van der Waals surface area contributed by atoms with Crippen molar-refractivity contribution >= 4 is 24.4 Å².